The Balaban J connectivity index is 1.61. The number of ether oxygens (including phenoxy) is 3. The van der Waals surface area contributed by atoms with Gasteiger partial charge < -0.3 is 18.6 Å². The predicted octanol–water partition coefficient (Wildman–Crippen LogP) is 4.08. The van der Waals surface area contributed by atoms with Crippen LogP contribution in [-0.4, -0.2) is 24.0 Å². The van der Waals surface area contributed by atoms with Gasteiger partial charge in [0.1, 0.15) is 27.8 Å². The number of hydrogen-bond donors (Lipinski definition) is 0. The van der Waals surface area contributed by atoms with Gasteiger partial charge in [-0.2, -0.15) is 0 Å². The smallest absolute Gasteiger partial charge is 0.350 e. The number of rotatable bonds is 7. The lowest BCUT2D eigenvalue weighted by molar-refractivity contribution is 0.0436. The number of benzene rings is 1. The van der Waals surface area contributed by atoms with Gasteiger partial charge in [0.2, 0.25) is 0 Å². The first-order valence-corrected chi connectivity index (χ1v) is 9.27. The second-order valence-electron chi connectivity index (χ2n) is 5.95. The summed E-state index contributed by atoms with van der Waals surface area (Å²) in [4.78, 5) is 28.8. The molecule has 0 fully saturated rings. The SMILES string of the molecule is COC(=O)c1ccoc1COC(=O)c1sc(COc2ccc(C)cc2)nc1C. The Kier molecular flexibility index (Phi) is 6.10. The molecule has 0 saturated carbocycles. The van der Waals surface area contributed by atoms with Crippen molar-refractivity contribution in [3.8, 4) is 5.75 Å². The average Bonchev–Trinajstić information content (AvgIpc) is 3.31. The standard InChI is InChI=1S/C20H19NO6S/c1-12-4-6-14(7-5-12)26-11-17-21-13(2)18(28-17)20(23)27-10-16-15(8-9-25-16)19(22)24-3/h4-9H,10-11H2,1-3H3. The molecule has 2 heterocycles. The molecule has 0 radical (unpaired) electrons. The van der Waals surface area contributed by atoms with Gasteiger partial charge in [0.05, 0.1) is 19.1 Å². The molecule has 28 heavy (non-hydrogen) atoms. The fourth-order valence-electron chi connectivity index (χ4n) is 2.42. The van der Waals surface area contributed by atoms with Crippen molar-refractivity contribution in [1.82, 2.24) is 4.98 Å². The Morgan fingerprint density at radius 2 is 1.82 bits per heavy atom. The van der Waals surface area contributed by atoms with Crippen molar-refractivity contribution in [2.45, 2.75) is 27.1 Å². The molecule has 3 aromatic rings. The maximum atomic E-state index is 12.4. The third kappa shape index (κ3) is 4.58. The average molecular weight is 401 g/mol. The zero-order valence-corrected chi connectivity index (χ0v) is 16.5. The summed E-state index contributed by atoms with van der Waals surface area (Å²) in [5, 5.41) is 0.665. The normalized spacial score (nSPS) is 10.5. The van der Waals surface area contributed by atoms with Gasteiger partial charge >= 0.3 is 11.9 Å². The molecule has 0 atom stereocenters. The number of carbonyl (C=O) groups excluding carboxylic acids is 2. The van der Waals surface area contributed by atoms with Crippen LogP contribution < -0.4 is 4.74 Å². The molecule has 3 rings (SSSR count). The van der Waals surface area contributed by atoms with Gasteiger partial charge in [-0.25, -0.2) is 14.6 Å². The Bertz CT molecular complexity index is 973. The molecule has 0 bridgehead atoms. The molecule has 8 heteroatoms. The zero-order valence-electron chi connectivity index (χ0n) is 15.7. The highest BCUT2D eigenvalue weighted by Crippen LogP contribution is 2.22. The summed E-state index contributed by atoms with van der Waals surface area (Å²) in [6, 6.07) is 9.15. The van der Waals surface area contributed by atoms with E-state index >= 15 is 0 Å². The van der Waals surface area contributed by atoms with E-state index in [1.165, 1.54) is 30.8 Å². The van der Waals surface area contributed by atoms with Crippen LogP contribution >= 0.6 is 11.3 Å². The summed E-state index contributed by atoms with van der Waals surface area (Å²) in [6.07, 6.45) is 1.34. The molecule has 2 aromatic heterocycles. The van der Waals surface area contributed by atoms with Crippen LogP contribution in [0.3, 0.4) is 0 Å². The molecule has 0 spiro atoms. The zero-order chi connectivity index (χ0) is 20.1. The quantitative estimate of drug-likeness (QED) is 0.551. The van der Waals surface area contributed by atoms with Crippen LogP contribution in [0.4, 0.5) is 0 Å². The molecule has 0 N–H and O–H groups in total. The van der Waals surface area contributed by atoms with Crippen molar-refractivity contribution in [1.29, 1.82) is 0 Å². The lowest BCUT2D eigenvalue weighted by Crippen LogP contribution is -2.08. The minimum Gasteiger partial charge on any atom is -0.486 e. The predicted molar refractivity (Wildman–Crippen MR) is 102 cm³/mol. The topological polar surface area (TPSA) is 87.9 Å². The Labute approximate surface area is 165 Å². The number of aryl methyl sites for hydroxylation is 2. The number of hydrogen-bond acceptors (Lipinski definition) is 8. The van der Waals surface area contributed by atoms with E-state index in [0.29, 0.717) is 15.6 Å². The summed E-state index contributed by atoms with van der Waals surface area (Å²) in [7, 11) is 1.27. The fraction of sp³-hybridized carbons (Fsp3) is 0.250. The molecule has 0 aliphatic rings. The number of carbonyl (C=O) groups is 2. The lowest BCUT2D eigenvalue weighted by Gasteiger charge is -2.04. The number of esters is 2. The van der Waals surface area contributed by atoms with Crippen LogP contribution in [0.25, 0.3) is 0 Å². The second-order valence-corrected chi connectivity index (χ2v) is 7.03. The Morgan fingerprint density at radius 1 is 1.07 bits per heavy atom. The Hall–Kier alpha value is -3.13. The molecule has 1 aromatic carbocycles. The first kappa shape index (κ1) is 19.6. The molecular formula is C20H19NO6S. The molecule has 0 saturated heterocycles. The molecule has 0 aliphatic heterocycles. The van der Waals surface area contributed by atoms with Gasteiger partial charge in [0.15, 0.2) is 12.4 Å². The molecule has 146 valence electrons. The van der Waals surface area contributed by atoms with E-state index in [0.717, 1.165) is 11.3 Å². The highest BCUT2D eigenvalue weighted by molar-refractivity contribution is 7.13. The molecule has 0 aliphatic carbocycles. The van der Waals surface area contributed by atoms with E-state index in [9.17, 15) is 9.59 Å². The minimum absolute atomic E-state index is 0.178. The first-order valence-electron chi connectivity index (χ1n) is 8.45. The van der Waals surface area contributed by atoms with Crippen molar-refractivity contribution in [2.24, 2.45) is 0 Å². The molecule has 0 unspecified atom stereocenters. The molecule has 0 amide bonds. The Morgan fingerprint density at radius 3 is 2.54 bits per heavy atom. The van der Waals surface area contributed by atoms with Crippen LogP contribution in [0.1, 0.15) is 42.1 Å². The van der Waals surface area contributed by atoms with Gasteiger partial charge in [-0.1, -0.05) is 17.7 Å². The fourth-order valence-corrected chi connectivity index (χ4v) is 3.30. The van der Waals surface area contributed by atoms with E-state index in [4.69, 9.17) is 13.9 Å². The van der Waals surface area contributed by atoms with Crippen molar-refractivity contribution in [3.63, 3.8) is 0 Å². The van der Waals surface area contributed by atoms with E-state index < -0.39 is 11.9 Å². The number of nitrogens with zero attached hydrogens (tertiary/aromatic N) is 1. The van der Waals surface area contributed by atoms with Gasteiger partial charge in [-0.05, 0) is 32.0 Å². The largest absolute Gasteiger partial charge is 0.486 e. The second kappa shape index (κ2) is 8.71. The van der Waals surface area contributed by atoms with Crippen molar-refractivity contribution >= 4 is 23.3 Å². The number of furan rings is 1. The highest BCUT2D eigenvalue weighted by Gasteiger charge is 2.20. The van der Waals surface area contributed by atoms with Gasteiger partial charge in [0.25, 0.3) is 0 Å². The summed E-state index contributed by atoms with van der Waals surface area (Å²) in [5.41, 5.74) is 1.93. The third-order valence-corrected chi connectivity index (χ3v) is 5.01. The number of methoxy groups -OCH3 is 1. The maximum absolute atomic E-state index is 12.4. The lowest BCUT2D eigenvalue weighted by atomic mass is 10.2. The summed E-state index contributed by atoms with van der Waals surface area (Å²) in [5.74, 6) is -0.130. The molecular weight excluding hydrogens is 382 g/mol. The van der Waals surface area contributed by atoms with Gasteiger partial charge in [-0.15, -0.1) is 11.3 Å². The maximum Gasteiger partial charge on any atom is 0.350 e. The van der Waals surface area contributed by atoms with Crippen LogP contribution in [0.5, 0.6) is 5.75 Å². The minimum atomic E-state index is -0.552. The van der Waals surface area contributed by atoms with Crippen molar-refractivity contribution in [2.75, 3.05) is 7.11 Å². The van der Waals surface area contributed by atoms with E-state index in [1.54, 1.807) is 6.92 Å². The summed E-state index contributed by atoms with van der Waals surface area (Å²) < 4.78 is 20.8. The highest BCUT2D eigenvalue weighted by atomic mass is 32.1. The first-order chi connectivity index (χ1) is 13.5. The van der Waals surface area contributed by atoms with Crippen molar-refractivity contribution < 1.29 is 28.2 Å². The van der Waals surface area contributed by atoms with E-state index in [1.807, 2.05) is 31.2 Å². The summed E-state index contributed by atoms with van der Waals surface area (Å²) in [6.45, 7) is 3.81. The number of thiazole rings is 1. The van der Waals surface area contributed by atoms with Crippen LogP contribution in [0, 0.1) is 13.8 Å². The van der Waals surface area contributed by atoms with Gasteiger partial charge in [-0.3, -0.25) is 0 Å². The summed E-state index contributed by atoms with van der Waals surface area (Å²) >= 11 is 1.21. The van der Waals surface area contributed by atoms with Gasteiger partial charge in [0, 0.05) is 0 Å². The number of aromatic nitrogens is 1. The third-order valence-electron chi connectivity index (χ3n) is 3.89. The van der Waals surface area contributed by atoms with E-state index in [2.05, 4.69) is 9.72 Å². The monoisotopic (exact) mass is 401 g/mol. The van der Waals surface area contributed by atoms with Crippen LogP contribution in [0.2, 0.25) is 0 Å². The van der Waals surface area contributed by atoms with Crippen molar-refractivity contribution in [3.05, 3.63) is 69.1 Å². The van der Waals surface area contributed by atoms with E-state index in [-0.39, 0.29) is 24.5 Å². The molecule has 7 nitrogen and oxygen atoms in total. The van der Waals surface area contributed by atoms with Crippen LogP contribution in [-0.2, 0) is 22.7 Å². The van der Waals surface area contributed by atoms with Crippen LogP contribution in [0.15, 0.2) is 41.0 Å².